The maximum atomic E-state index is 3.66. The number of hydrogen-bond acceptors (Lipinski definition) is 1. The van der Waals surface area contributed by atoms with Crippen LogP contribution < -0.4 is 5.32 Å². The van der Waals surface area contributed by atoms with Crippen molar-refractivity contribution in [3.8, 4) is 0 Å². The molecule has 2 rings (SSSR count). The third kappa shape index (κ3) is 2.82. The molecule has 1 atom stereocenters. The van der Waals surface area contributed by atoms with Gasteiger partial charge in [-0.05, 0) is 42.9 Å². The van der Waals surface area contributed by atoms with E-state index in [2.05, 4.69) is 43.4 Å². The summed E-state index contributed by atoms with van der Waals surface area (Å²) in [6.45, 7) is 5.74. The lowest BCUT2D eigenvalue weighted by Gasteiger charge is -2.18. The molecule has 0 aliphatic carbocycles. The standard InChI is InChI=1S/C14H21N/c1-11(2)9-14-10-13-6-4-3-5-12(13)7-8-15-14/h3-6,11,14-15H,7-10H2,1-2H3. The Labute approximate surface area is 92.9 Å². The Morgan fingerprint density at radius 1 is 1.27 bits per heavy atom. The Kier molecular flexibility index (Phi) is 3.42. The highest BCUT2D eigenvalue weighted by Gasteiger charge is 2.16. The van der Waals surface area contributed by atoms with Crippen LogP contribution in [0.1, 0.15) is 31.4 Å². The lowest BCUT2D eigenvalue weighted by Crippen LogP contribution is -2.31. The molecule has 1 N–H and O–H groups in total. The van der Waals surface area contributed by atoms with Gasteiger partial charge in [0.1, 0.15) is 0 Å². The maximum absolute atomic E-state index is 3.66. The van der Waals surface area contributed by atoms with E-state index in [9.17, 15) is 0 Å². The van der Waals surface area contributed by atoms with E-state index in [1.165, 1.54) is 24.8 Å². The van der Waals surface area contributed by atoms with Gasteiger partial charge in [0.15, 0.2) is 0 Å². The van der Waals surface area contributed by atoms with E-state index < -0.39 is 0 Å². The van der Waals surface area contributed by atoms with E-state index in [-0.39, 0.29) is 0 Å². The van der Waals surface area contributed by atoms with Crippen LogP contribution in [-0.4, -0.2) is 12.6 Å². The van der Waals surface area contributed by atoms with Gasteiger partial charge in [0.2, 0.25) is 0 Å². The lowest BCUT2D eigenvalue weighted by atomic mass is 9.96. The van der Waals surface area contributed by atoms with Crippen LogP contribution in [0.25, 0.3) is 0 Å². The van der Waals surface area contributed by atoms with E-state index >= 15 is 0 Å². The van der Waals surface area contributed by atoms with Gasteiger partial charge in [-0.2, -0.15) is 0 Å². The second kappa shape index (κ2) is 4.80. The van der Waals surface area contributed by atoms with E-state index in [4.69, 9.17) is 0 Å². The molecule has 0 spiro atoms. The predicted octanol–water partition coefficient (Wildman–Crippen LogP) is 2.79. The summed E-state index contributed by atoms with van der Waals surface area (Å²) in [4.78, 5) is 0. The Morgan fingerprint density at radius 3 is 2.73 bits per heavy atom. The minimum atomic E-state index is 0.675. The van der Waals surface area contributed by atoms with Gasteiger partial charge < -0.3 is 5.32 Å². The molecule has 82 valence electrons. The topological polar surface area (TPSA) is 12.0 Å². The summed E-state index contributed by atoms with van der Waals surface area (Å²) in [6.07, 6.45) is 3.67. The van der Waals surface area contributed by atoms with E-state index in [1.54, 1.807) is 5.56 Å². The monoisotopic (exact) mass is 203 g/mol. The van der Waals surface area contributed by atoms with Crippen molar-refractivity contribution in [3.05, 3.63) is 35.4 Å². The lowest BCUT2D eigenvalue weighted by molar-refractivity contribution is 0.426. The molecule has 1 unspecified atom stereocenters. The maximum Gasteiger partial charge on any atom is 0.0110 e. The minimum Gasteiger partial charge on any atom is -0.313 e. The molecule has 1 aromatic carbocycles. The number of benzene rings is 1. The van der Waals surface area contributed by atoms with Crippen molar-refractivity contribution in [2.24, 2.45) is 5.92 Å². The molecule has 0 saturated heterocycles. The number of hydrogen-bond donors (Lipinski definition) is 1. The van der Waals surface area contributed by atoms with Gasteiger partial charge in [0, 0.05) is 6.04 Å². The number of fused-ring (bicyclic) bond motifs is 1. The minimum absolute atomic E-state index is 0.675. The fraction of sp³-hybridized carbons (Fsp3) is 0.571. The van der Waals surface area contributed by atoms with Crippen molar-refractivity contribution >= 4 is 0 Å². The van der Waals surface area contributed by atoms with E-state index in [1.807, 2.05) is 0 Å². The smallest absolute Gasteiger partial charge is 0.0110 e. The van der Waals surface area contributed by atoms with Crippen LogP contribution in [0, 0.1) is 5.92 Å². The first kappa shape index (κ1) is 10.7. The highest BCUT2D eigenvalue weighted by molar-refractivity contribution is 5.29. The van der Waals surface area contributed by atoms with Crippen LogP contribution >= 0.6 is 0 Å². The third-order valence-corrected chi connectivity index (χ3v) is 3.17. The predicted molar refractivity (Wildman–Crippen MR) is 65.1 cm³/mol. The summed E-state index contributed by atoms with van der Waals surface area (Å²) in [6, 6.07) is 9.55. The Hall–Kier alpha value is -0.820. The molecule has 1 aromatic rings. The van der Waals surface area contributed by atoms with Crippen molar-refractivity contribution in [2.75, 3.05) is 6.54 Å². The molecule has 1 aliphatic rings. The quantitative estimate of drug-likeness (QED) is 0.779. The Bertz CT molecular complexity index is 317. The largest absolute Gasteiger partial charge is 0.313 e. The van der Waals surface area contributed by atoms with Gasteiger partial charge in [0.05, 0.1) is 0 Å². The molecule has 0 saturated carbocycles. The van der Waals surface area contributed by atoms with Crippen LogP contribution in [0.3, 0.4) is 0 Å². The average molecular weight is 203 g/mol. The van der Waals surface area contributed by atoms with Crippen LogP contribution in [0.5, 0.6) is 0 Å². The van der Waals surface area contributed by atoms with Gasteiger partial charge in [-0.3, -0.25) is 0 Å². The van der Waals surface area contributed by atoms with Gasteiger partial charge in [-0.15, -0.1) is 0 Å². The van der Waals surface area contributed by atoms with Crippen LogP contribution in [0.15, 0.2) is 24.3 Å². The zero-order valence-corrected chi connectivity index (χ0v) is 9.79. The number of rotatable bonds is 2. The highest BCUT2D eigenvalue weighted by atomic mass is 14.9. The molecule has 15 heavy (non-hydrogen) atoms. The molecule has 0 amide bonds. The average Bonchev–Trinajstić information content (AvgIpc) is 2.38. The Morgan fingerprint density at radius 2 is 2.00 bits per heavy atom. The van der Waals surface area contributed by atoms with Crippen molar-refractivity contribution in [1.29, 1.82) is 0 Å². The first-order valence-corrected chi connectivity index (χ1v) is 6.06. The molecular weight excluding hydrogens is 182 g/mol. The zero-order chi connectivity index (χ0) is 10.7. The van der Waals surface area contributed by atoms with Gasteiger partial charge in [-0.1, -0.05) is 38.1 Å². The summed E-state index contributed by atoms with van der Waals surface area (Å²) < 4.78 is 0. The normalized spacial score (nSPS) is 21.1. The van der Waals surface area contributed by atoms with Crippen LogP contribution in [0.4, 0.5) is 0 Å². The molecule has 1 heterocycles. The molecule has 1 heteroatoms. The summed E-state index contributed by atoms with van der Waals surface area (Å²) in [5.74, 6) is 0.785. The molecule has 0 bridgehead atoms. The summed E-state index contributed by atoms with van der Waals surface area (Å²) in [5, 5.41) is 3.66. The van der Waals surface area contributed by atoms with Crippen molar-refractivity contribution < 1.29 is 0 Å². The molecule has 0 radical (unpaired) electrons. The summed E-state index contributed by atoms with van der Waals surface area (Å²) >= 11 is 0. The van der Waals surface area contributed by atoms with E-state index in [0.29, 0.717) is 6.04 Å². The summed E-state index contributed by atoms with van der Waals surface area (Å²) in [5.41, 5.74) is 3.09. The highest BCUT2D eigenvalue weighted by Crippen LogP contribution is 2.18. The van der Waals surface area contributed by atoms with Gasteiger partial charge >= 0.3 is 0 Å². The first-order valence-electron chi connectivity index (χ1n) is 6.06. The fourth-order valence-electron chi connectivity index (χ4n) is 2.48. The van der Waals surface area contributed by atoms with Crippen LogP contribution in [-0.2, 0) is 12.8 Å². The molecule has 0 fully saturated rings. The molecular formula is C14H21N. The second-order valence-corrected chi connectivity index (χ2v) is 5.00. The van der Waals surface area contributed by atoms with Crippen LogP contribution in [0.2, 0.25) is 0 Å². The third-order valence-electron chi connectivity index (χ3n) is 3.17. The van der Waals surface area contributed by atoms with Crippen molar-refractivity contribution in [2.45, 2.75) is 39.2 Å². The number of nitrogens with one attached hydrogen (secondary N) is 1. The second-order valence-electron chi connectivity index (χ2n) is 5.00. The molecule has 1 nitrogen and oxygen atoms in total. The Balaban J connectivity index is 2.10. The molecule has 0 aromatic heterocycles. The van der Waals surface area contributed by atoms with Crippen molar-refractivity contribution in [1.82, 2.24) is 5.32 Å². The van der Waals surface area contributed by atoms with Gasteiger partial charge in [0.25, 0.3) is 0 Å². The van der Waals surface area contributed by atoms with E-state index in [0.717, 1.165) is 12.5 Å². The zero-order valence-electron chi connectivity index (χ0n) is 9.79. The van der Waals surface area contributed by atoms with Crippen molar-refractivity contribution in [3.63, 3.8) is 0 Å². The fourth-order valence-corrected chi connectivity index (χ4v) is 2.48. The SMILES string of the molecule is CC(C)CC1Cc2ccccc2CCN1. The first-order chi connectivity index (χ1) is 7.25. The summed E-state index contributed by atoms with van der Waals surface area (Å²) in [7, 11) is 0. The van der Waals surface area contributed by atoms with Gasteiger partial charge in [-0.25, -0.2) is 0 Å². The molecule has 1 aliphatic heterocycles.